The number of hydrogen-bond donors (Lipinski definition) is 1. The number of nitrogens with one attached hydrogen (secondary N) is 1. The average molecular weight is 520 g/mol. The van der Waals surface area contributed by atoms with Crippen LogP contribution in [0, 0.1) is 5.92 Å². The molecule has 1 N–H and O–H groups in total. The normalized spacial score (nSPS) is 17.0. The summed E-state index contributed by atoms with van der Waals surface area (Å²) in [5, 5.41) is 7.21. The standard InChI is InChI=1S/C28H37N7O3/c1-37-25-8-6-23(7-9-25)26-31-28(38-32-26)35-19-17-34(18-20-35)27(36)30-13-4-14-33-15-10-22(11-16-33)21-24-5-2-3-12-29-24/h2-3,5-9,12,22H,4,10-11,13-21H2,1H3,(H,30,36). The third-order valence-corrected chi connectivity index (χ3v) is 7.46. The van der Waals surface area contributed by atoms with E-state index in [2.05, 4.69) is 37.5 Å². The monoisotopic (exact) mass is 519 g/mol. The van der Waals surface area contributed by atoms with Crippen LogP contribution < -0.4 is 15.0 Å². The topological polar surface area (TPSA) is 99.9 Å². The van der Waals surface area contributed by atoms with Crippen molar-refractivity contribution in [3.63, 3.8) is 0 Å². The number of amides is 2. The zero-order valence-corrected chi connectivity index (χ0v) is 22.1. The molecular formula is C28H37N7O3. The van der Waals surface area contributed by atoms with Gasteiger partial charge in [0.25, 0.3) is 0 Å². The van der Waals surface area contributed by atoms with Crippen molar-refractivity contribution in [2.24, 2.45) is 5.92 Å². The van der Waals surface area contributed by atoms with E-state index in [0.717, 1.165) is 49.7 Å². The van der Waals surface area contributed by atoms with Gasteiger partial charge in [-0.3, -0.25) is 4.98 Å². The molecule has 202 valence electrons. The van der Waals surface area contributed by atoms with Crippen molar-refractivity contribution in [2.45, 2.75) is 25.7 Å². The summed E-state index contributed by atoms with van der Waals surface area (Å²) >= 11 is 0. The number of anilines is 1. The number of urea groups is 1. The molecule has 2 aliphatic heterocycles. The third kappa shape index (κ3) is 6.80. The fourth-order valence-corrected chi connectivity index (χ4v) is 5.14. The van der Waals surface area contributed by atoms with E-state index < -0.39 is 0 Å². The number of benzene rings is 1. The van der Waals surface area contributed by atoms with Gasteiger partial charge in [-0.05, 0) is 87.6 Å². The molecule has 2 aromatic heterocycles. The van der Waals surface area contributed by atoms with Crippen LogP contribution in [0.25, 0.3) is 11.4 Å². The highest BCUT2D eigenvalue weighted by Crippen LogP contribution is 2.23. The van der Waals surface area contributed by atoms with Gasteiger partial charge < -0.3 is 29.3 Å². The number of carbonyl (C=O) groups excluding carboxylic acids is 1. The van der Waals surface area contributed by atoms with E-state index in [9.17, 15) is 4.79 Å². The van der Waals surface area contributed by atoms with Crippen LogP contribution in [0.5, 0.6) is 5.75 Å². The molecule has 0 saturated carbocycles. The number of pyridine rings is 1. The average Bonchev–Trinajstić information content (AvgIpc) is 3.47. The number of hydrogen-bond acceptors (Lipinski definition) is 8. The number of ether oxygens (including phenoxy) is 1. The van der Waals surface area contributed by atoms with Crippen LogP contribution in [0.2, 0.25) is 0 Å². The molecule has 0 unspecified atom stereocenters. The number of piperidine rings is 1. The minimum absolute atomic E-state index is 0.00294. The Kier molecular flexibility index (Phi) is 8.70. The first kappa shape index (κ1) is 26.0. The smallest absolute Gasteiger partial charge is 0.324 e. The predicted octanol–water partition coefficient (Wildman–Crippen LogP) is 3.32. The summed E-state index contributed by atoms with van der Waals surface area (Å²) in [6, 6.07) is 14.2. The first-order chi connectivity index (χ1) is 18.7. The lowest BCUT2D eigenvalue weighted by atomic mass is 9.92. The maximum atomic E-state index is 12.7. The summed E-state index contributed by atoms with van der Waals surface area (Å²) in [7, 11) is 1.64. The molecule has 0 spiro atoms. The van der Waals surface area contributed by atoms with E-state index in [4.69, 9.17) is 9.26 Å². The molecule has 4 heterocycles. The van der Waals surface area contributed by atoms with Crippen molar-refractivity contribution in [3.05, 3.63) is 54.4 Å². The molecule has 38 heavy (non-hydrogen) atoms. The van der Waals surface area contributed by atoms with Gasteiger partial charge >= 0.3 is 12.0 Å². The zero-order chi connectivity index (χ0) is 26.2. The highest BCUT2D eigenvalue weighted by Gasteiger charge is 2.25. The second-order valence-electron chi connectivity index (χ2n) is 10.00. The number of methoxy groups -OCH3 is 1. The molecule has 3 aromatic rings. The molecule has 10 nitrogen and oxygen atoms in total. The van der Waals surface area contributed by atoms with Gasteiger partial charge in [0.15, 0.2) is 0 Å². The molecule has 2 fully saturated rings. The SMILES string of the molecule is COc1ccc(-c2noc(N3CCN(C(=O)NCCCN4CCC(Cc5ccccn5)CC4)CC3)n2)cc1. The summed E-state index contributed by atoms with van der Waals surface area (Å²) in [6.45, 7) is 6.54. The minimum Gasteiger partial charge on any atom is -0.497 e. The van der Waals surface area contributed by atoms with Gasteiger partial charge in [-0.2, -0.15) is 4.98 Å². The molecule has 5 rings (SSSR count). The molecular weight excluding hydrogens is 482 g/mol. The second kappa shape index (κ2) is 12.7. The molecule has 2 amide bonds. The Hall–Kier alpha value is -3.66. The maximum Gasteiger partial charge on any atom is 0.324 e. The summed E-state index contributed by atoms with van der Waals surface area (Å²) < 4.78 is 10.7. The van der Waals surface area contributed by atoms with Crippen LogP contribution >= 0.6 is 0 Å². The molecule has 0 bridgehead atoms. The van der Waals surface area contributed by atoms with Gasteiger partial charge in [0.2, 0.25) is 5.82 Å². The molecule has 0 aliphatic carbocycles. The van der Waals surface area contributed by atoms with Gasteiger partial charge in [-0.1, -0.05) is 11.2 Å². The first-order valence-corrected chi connectivity index (χ1v) is 13.6. The second-order valence-corrected chi connectivity index (χ2v) is 10.00. The van der Waals surface area contributed by atoms with E-state index in [1.54, 1.807) is 7.11 Å². The van der Waals surface area contributed by atoms with E-state index in [1.807, 2.05) is 46.3 Å². The molecule has 10 heteroatoms. The van der Waals surface area contributed by atoms with Crippen LogP contribution in [0.15, 0.2) is 53.2 Å². The van der Waals surface area contributed by atoms with Crippen molar-refractivity contribution < 1.29 is 14.1 Å². The largest absolute Gasteiger partial charge is 0.497 e. The first-order valence-electron chi connectivity index (χ1n) is 13.6. The molecule has 2 saturated heterocycles. The van der Waals surface area contributed by atoms with Gasteiger partial charge in [-0.15, -0.1) is 0 Å². The van der Waals surface area contributed by atoms with Crippen molar-refractivity contribution in [1.29, 1.82) is 0 Å². The van der Waals surface area contributed by atoms with Crippen LogP contribution in [-0.2, 0) is 6.42 Å². The van der Waals surface area contributed by atoms with Crippen LogP contribution in [0.1, 0.15) is 25.0 Å². The maximum absolute atomic E-state index is 12.7. The van der Waals surface area contributed by atoms with Gasteiger partial charge in [-0.25, -0.2) is 4.79 Å². The number of rotatable bonds is 9. The minimum atomic E-state index is 0.00294. The molecule has 0 radical (unpaired) electrons. The quantitative estimate of drug-likeness (QED) is 0.430. The van der Waals surface area contributed by atoms with Crippen molar-refractivity contribution in [1.82, 2.24) is 30.2 Å². The Morgan fingerprint density at radius 2 is 1.84 bits per heavy atom. The summed E-state index contributed by atoms with van der Waals surface area (Å²) in [4.78, 5) is 28.1. The fraction of sp³-hybridized carbons (Fsp3) is 0.500. The van der Waals surface area contributed by atoms with Crippen LogP contribution in [0.3, 0.4) is 0 Å². The zero-order valence-electron chi connectivity index (χ0n) is 22.1. The summed E-state index contributed by atoms with van der Waals surface area (Å²) in [5.74, 6) is 2.05. The van der Waals surface area contributed by atoms with E-state index in [0.29, 0.717) is 44.6 Å². The van der Waals surface area contributed by atoms with Crippen LogP contribution in [-0.4, -0.2) is 90.4 Å². The highest BCUT2D eigenvalue weighted by atomic mass is 16.5. The Morgan fingerprint density at radius 1 is 1.05 bits per heavy atom. The Morgan fingerprint density at radius 3 is 2.55 bits per heavy atom. The Bertz CT molecular complexity index is 1140. The van der Waals surface area contributed by atoms with Crippen LogP contribution in [0.4, 0.5) is 10.8 Å². The molecule has 2 aliphatic rings. The molecule has 1 aromatic carbocycles. The van der Waals surface area contributed by atoms with Gasteiger partial charge in [0.1, 0.15) is 5.75 Å². The summed E-state index contributed by atoms with van der Waals surface area (Å²) in [6.07, 6.45) is 6.36. The van der Waals surface area contributed by atoms with E-state index in [-0.39, 0.29) is 6.03 Å². The van der Waals surface area contributed by atoms with Gasteiger partial charge in [0.05, 0.1) is 7.11 Å². The number of nitrogens with zero attached hydrogens (tertiary/aromatic N) is 6. The fourth-order valence-electron chi connectivity index (χ4n) is 5.14. The number of piperazine rings is 1. The Balaban J connectivity index is 0.970. The lowest BCUT2D eigenvalue weighted by molar-refractivity contribution is 0.177. The number of aromatic nitrogens is 3. The van der Waals surface area contributed by atoms with E-state index in [1.165, 1.54) is 18.5 Å². The van der Waals surface area contributed by atoms with Gasteiger partial charge in [0, 0.05) is 50.2 Å². The molecule has 0 atom stereocenters. The predicted molar refractivity (Wildman–Crippen MR) is 145 cm³/mol. The van der Waals surface area contributed by atoms with E-state index >= 15 is 0 Å². The van der Waals surface area contributed by atoms with Crippen molar-refractivity contribution >= 4 is 12.0 Å². The number of carbonyl (C=O) groups is 1. The Labute approximate surface area is 224 Å². The third-order valence-electron chi connectivity index (χ3n) is 7.46. The lowest BCUT2D eigenvalue weighted by Crippen LogP contribution is -2.52. The highest BCUT2D eigenvalue weighted by molar-refractivity contribution is 5.74. The van der Waals surface area contributed by atoms with Crippen molar-refractivity contribution in [3.8, 4) is 17.1 Å². The van der Waals surface area contributed by atoms with Crippen molar-refractivity contribution in [2.75, 3.05) is 64.4 Å². The lowest BCUT2D eigenvalue weighted by Gasteiger charge is -2.34. The number of likely N-dealkylation sites (tertiary alicyclic amines) is 1. The summed E-state index contributed by atoms with van der Waals surface area (Å²) in [5.41, 5.74) is 2.07.